The van der Waals surface area contributed by atoms with E-state index in [0.717, 1.165) is 7.11 Å². The topological polar surface area (TPSA) is 64.6 Å². The van der Waals surface area contributed by atoms with Crippen molar-refractivity contribution in [1.82, 2.24) is 5.32 Å². The number of alkyl carbamates (subject to hydrolysis) is 1. The summed E-state index contributed by atoms with van der Waals surface area (Å²) in [4.78, 5) is 22.1. The highest BCUT2D eigenvalue weighted by Gasteiger charge is 2.42. The molecule has 0 saturated carbocycles. The summed E-state index contributed by atoms with van der Waals surface area (Å²) in [6.07, 6.45) is -6.79. The van der Waals surface area contributed by atoms with Gasteiger partial charge in [-0.25, -0.2) is 27.2 Å². The molecule has 1 aromatic carbocycles. The number of ether oxygens (including phenoxy) is 2. The molecule has 0 aliphatic rings. The zero-order valence-corrected chi connectivity index (χ0v) is 16.3. The first kappa shape index (κ1) is 24.9. The van der Waals surface area contributed by atoms with E-state index in [1.807, 2.05) is 5.32 Å². The molecule has 0 aliphatic heterocycles. The Morgan fingerprint density at radius 3 is 1.86 bits per heavy atom. The lowest BCUT2D eigenvalue weighted by atomic mass is 10.1. The van der Waals surface area contributed by atoms with Gasteiger partial charge in [-0.3, -0.25) is 0 Å². The Hall–Kier alpha value is -2.18. The first-order valence-corrected chi connectivity index (χ1v) is 8.72. The molecule has 0 aliphatic carbocycles. The van der Waals surface area contributed by atoms with Gasteiger partial charge >= 0.3 is 18.2 Å². The van der Waals surface area contributed by atoms with Crippen LogP contribution in [0.25, 0.3) is 0 Å². The van der Waals surface area contributed by atoms with E-state index in [9.17, 15) is 40.3 Å². The van der Waals surface area contributed by atoms with Gasteiger partial charge in [0.05, 0.1) is 12.0 Å². The Kier molecular flexibility index (Phi) is 7.80. The Balaban J connectivity index is 3.15. The maximum atomic E-state index is 13.9. The Morgan fingerprint density at radius 1 is 1.00 bits per heavy atom. The zero-order valence-electron chi connectivity index (χ0n) is 15.5. The molecule has 1 N–H and O–H groups in total. The molecule has 0 unspecified atom stereocenters. The quantitative estimate of drug-likeness (QED) is 0.311. The number of carbonyl (C=O) groups excluding carboxylic acids is 2. The number of alkyl halides is 3. The van der Waals surface area contributed by atoms with Crippen molar-refractivity contribution in [2.75, 3.05) is 12.9 Å². The van der Waals surface area contributed by atoms with Crippen molar-refractivity contribution in [1.29, 1.82) is 0 Å². The maximum absolute atomic E-state index is 13.9. The van der Waals surface area contributed by atoms with Crippen molar-refractivity contribution in [2.45, 2.75) is 43.5 Å². The molecule has 0 bridgehead atoms. The summed E-state index contributed by atoms with van der Waals surface area (Å²) in [5, 5.41) is 2.03. The van der Waals surface area contributed by atoms with Crippen LogP contribution in [0.15, 0.2) is 4.90 Å². The molecule has 1 atom stereocenters. The number of rotatable bonds is 5. The van der Waals surface area contributed by atoms with Crippen molar-refractivity contribution in [3.05, 3.63) is 28.8 Å². The van der Waals surface area contributed by atoms with Crippen molar-refractivity contribution in [3.8, 4) is 0 Å². The highest BCUT2D eigenvalue weighted by atomic mass is 32.2. The van der Waals surface area contributed by atoms with E-state index in [1.165, 1.54) is 20.8 Å². The van der Waals surface area contributed by atoms with Crippen molar-refractivity contribution >= 4 is 23.8 Å². The Morgan fingerprint density at radius 2 is 1.48 bits per heavy atom. The lowest BCUT2D eigenvalue weighted by molar-refractivity contribution is -0.143. The second-order valence-corrected chi connectivity index (χ2v) is 7.52. The highest BCUT2D eigenvalue weighted by Crippen LogP contribution is 2.39. The molecule has 1 rings (SSSR count). The molecule has 0 radical (unpaired) electrons. The van der Waals surface area contributed by atoms with Crippen LogP contribution < -0.4 is 5.32 Å². The van der Waals surface area contributed by atoms with Crippen LogP contribution in [-0.2, 0) is 20.4 Å². The van der Waals surface area contributed by atoms with Gasteiger partial charge in [-0.2, -0.15) is 13.2 Å². The summed E-state index contributed by atoms with van der Waals surface area (Å²) in [5.41, 5.74) is -3.68. The number of hydrogen-bond acceptors (Lipinski definition) is 5. The molecule has 13 heteroatoms. The van der Waals surface area contributed by atoms with E-state index in [4.69, 9.17) is 4.74 Å². The van der Waals surface area contributed by atoms with Gasteiger partial charge < -0.3 is 14.8 Å². The second-order valence-electron chi connectivity index (χ2n) is 6.49. The first-order chi connectivity index (χ1) is 13.1. The third-order valence-electron chi connectivity index (χ3n) is 3.08. The standard InChI is InChI=1S/C16H16F7NO4S/c1-15(2,3)28-14(26)24-6(13(25)27-4)5-29-12-10(19)8(17)7(16(21,22)23)9(18)11(12)20/h6H,5H2,1-4H3,(H,24,26)/t6-/m0/s1. The van der Waals surface area contributed by atoms with Crippen LogP contribution in [0.3, 0.4) is 0 Å². The SMILES string of the molecule is COC(=O)[C@H](CSc1c(F)c(F)c(C(F)(F)F)c(F)c1F)NC(=O)OC(C)(C)C. The number of esters is 1. The average Bonchev–Trinajstić information content (AvgIpc) is 2.55. The first-order valence-electron chi connectivity index (χ1n) is 7.73. The van der Waals surface area contributed by atoms with Gasteiger partial charge in [-0.15, -0.1) is 11.8 Å². The lowest BCUT2D eigenvalue weighted by Gasteiger charge is -2.22. The average molecular weight is 451 g/mol. The van der Waals surface area contributed by atoms with Gasteiger partial charge in [0, 0.05) is 5.75 Å². The molecular formula is C16H16F7NO4S. The van der Waals surface area contributed by atoms with Crippen molar-refractivity contribution < 1.29 is 49.8 Å². The number of hydrogen-bond donors (Lipinski definition) is 1. The predicted octanol–water partition coefficient (Wildman–Crippen LogP) is 4.42. The van der Waals surface area contributed by atoms with Gasteiger partial charge in [0.2, 0.25) is 0 Å². The Labute approximate surface area is 164 Å². The fourth-order valence-corrected chi connectivity index (χ4v) is 2.90. The highest BCUT2D eigenvalue weighted by molar-refractivity contribution is 7.99. The summed E-state index contributed by atoms with van der Waals surface area (Å²) in [7, 11) is 0.926. The molecular weight excluding hydrogens is 435 g/mol. The molecule has 5 nitrogen and oxygen atoms in total. The van der Waals surface area contributed by atoms with Crippen LogP contribution in [0.2, 0.25) is 0 Å². The molecule has 0 aromatic heterocycles. The van der Waals surface area contributed by atoms with E-state index in [-0.39, 0.29) is 11.8 Å². The number of nitrogens with one attached hydrogen (secondary N) is 1. The monoisotopic (exact) mass is 451 g/mol. The summed E-state index contributed by atoms with van der Waals surface area (Å²) >= 11 is -0.0354. The fourth-order valence-electron chi connectivity index (χ4n) is 1.91. The van der Waals surface area contributed by atoms with Gasteiger partial charge in [-0.1, -0.05) is 0 Å². The molecule has 0 heterocycles. The molecule has 29 heavy (non-hydrogen) atoms. The minimum Gasteiger partial charge on any atom is -0.467 e. The zero-order chi connectivity index (χ0) is 22.7. The third kappa shape index (κ3) is 6.41. The molecule has 164 valence electrons. The van der Waals surface area contributed by atoms with E-state index < -0.39 is 69.4 Å². The number of methoxy groups -OCH3 is 1. The largest absolute Gasteiger partial charge is 0.467 e. The minimum absolute atomic E-state index is 0.0354. The number of halogens is 7. The molecule has 1 amide bonds. The summed E-state index contributed by atoms with van der Waals surface area (Å²) < 4.78 is 102. The van der Waals surface area contributed by atoms with Crippen LogP contribution in [0.1, 0.15) is 26.3 Å². The molecule has 0 fully saturated rings. The molecule has 0 saturated heterocycles. The fraction of sp³-hybridized carbons (Fsp3) is 0.500. The minimum atomic E-state index is -5.67. The van der Waals surface area contributed by atoms with Gasteiger partial charge in [-0.05, 0) is 20.8 Å². The smallest absolute Gasteiger partial charge is 0.422 e. The van der Waals surface area contributed by atoms with E-state index in [1.54, 1.807) is 0 Å². The lowest BCUT2D eigenvalue weighted by Crippen LogP contribution is -2.45. The molecule has 1 aromatic rings. The van der Waals surface area contributed by atoms with E-state index in [0.29, 0.717) is 0 Å². The van der Waals surface area contributed by atoms with Crippen molar-refractivity contribution in [3.63, 3.8) is 0 Å². The second kappa shape index (κ2) is 9.09. The predicted molar refractivity (Wildman–Crippen MR) is 87.2 cm³/mol. The van der Waals surface area contributed by atoms with Crippen LogP contribution in [0.4, 0.5) is 35.5 Å². The van der Waals surface area contributed by atoms with Crippen LogP contribution in [0, 0.1) is 23.3 Å². The Bertz CT molecular complexity index is 764. The summed E-state index contributed by atoms with van der Waals surface area (Å²) in [5.74, 6) is -11.7. The number of carbonyl (C=O) groups is 2. The van der Waals surface area contributed by atoms with Gasteiger partial charge in [0.1, 0.15) is 17.2 Å². The number of thioether (sulfide) groups is 1. The van der Waals surface area contributed by atoms with Crippen molar-refractivity contribution in [2.24, 2.45) is 0 Å². The number of amides is 1. The normalized spacial score (nSPS) is 13.1. The summed E-state index contributed by atoms with van der Waals surface area (Å²) in [6, 6.07) is -1.59. The third-order valence-corrected chi connectivity index (χ3v) is 4.22. The van der Waals surface area contributed by atoms with E-state index in [2.05, 4.69) is 4.74 Å². The maximum Gasteiger partial charge on any atom is 0.422 e. The van der Waals surface area contributed by atoms with E-state index >= 15 is 0 Å². The van der Waals surface area contributed by atoms with Gasteiger partial charge in [0.25, 0.3) is 0 Å². The van der Waals surface area contributed by atoms with Gasteiger partial charge in [0.15, 0.2) is 23.3 Å². The van der Waals surface area contributed by atoms with Crippen LogP contribution in [-0.4, -0.2) is 36.6 Å². The van der Waals surface area contributed by atoms with Crippen LogP contribution >= 0.6 is 11.8 Å². The molecule has 0 spiro atoms. The summed E-state index contributed by atoms with van der Waals surface area (Å²) in [6.45, 7) is 4.52. The number of benzene rings is 1. The van der Waals surface area contributed by atoms with Crippen LogP contribution in [0.5, 0.6) is 0 Å².